The van der Waals surface area contributed by atoms with Gasteiger partial charge >= 0.3 is 5.97 Å². The largest absolute Gasteiger partial charge is 0.427 e. The number of esters is 1. The lowest BCUT2D eigenvalue weighted by Crippen LogP contribution is -2.25. The fourth-order valence-corrected chi connectivity index (χ4v) is 5.35. The fraction of sp³-hybridized carbons (Fsp3) is 0.750. The summed E-state index contributed by atoms with van der Waals surface area (Å²) in [5.74, 6) is 0.772. The quantitative estimate of drug-likeness (QED) is 0.0922. The highest BCUT2D eigenvalue weighted by Crippen LogP contribution is 2.36. The molecule has 0 aliphatic carbocycles. The molecule has 0 bridgehead atoms. The van der Waals surface area contributed by atoms with Crippen molar-refractivity contribution in [3.63, 3.8) is 0 Å². The molecule has 5 nitrogen and oxygen atoms in total. The average molecular weight is 515 g/mol. The summed E-state index contributed by atoms with van der Waals surface area (Å²) in [6.07, 6.45) is 24.5. The second-order valence-corrected chi connectivity index (χ2v) is 11.0. The normalized spacial score (nSPS) is 14.3. The molecule has 1 heterocycles. The summed E-state index contributed by atoms with van der Waals surface area (Å²) in [5.41, 5.74) is 2.26. The summed E-state index contributed by atoms with van der Waals surface area (Å²) >= 11 is 0. The van der Waals surface area contributed by atoms with Gasteiger partial charge in [0.05, 0.1) is 0 Å². The van der Waals surface area contributed by atoms with Crippen molar-refractivity contribution in [2.75, 3.05) is 18.4 Å². The fourth-order valence-electron chi connectivity index (χ4n) is 5.35. The van der Waals surface area contributed by atoms with Crippen molar-refractivity contribution in [1.29, 1.82) is 0 Å². The number of ether oxygens (including phenoxy) is 1. The zero-order valence-electron chi connectivity index (χ0n) is 23.9. The number of benzene rings is 1. The summed E-state index contributed by atoms with van der Waals surface area (Å²) < 4.78 is 5.22. The third-order valence-electron chi connectivity index (χ3n) is 7.59. The molecule has 1 amide bonds. The van der Waals surface area contributed by atoms with Crippen molar-refractivity contribution >= 4 is 17.6 Å². The Morgan fingerprint density at radius 1 is 0.838 bits per heavy atom. The molecule has 0 saturated heterocycles. The second-order valence-electron chi connectivity index (χ2n) is 11.0. The van der Waals surface area contributed by atoms with Gasteiger partial charge in [-0.2, -0.15) is 0 Å². The summed E-state index contributed by atoms with van der Waals surface area (Å²) in [4.78, 5) is 23.4. The molecule has 37 heavy (non-hydrogen) atoms. The Morgan fingerprint density at radius 2 is 1.38 bits per heavy atom. The van der Waals surface area contributed by atoms with Crippen molar-refractivity contribution in [2.24, 2.45) is 0 Å². The van der Waals surface area contributed by atoms with Crippen LogP contribution < -0.4 is 15.4 Å². The summed E-state index contributed by atoms with van der Waals surface area (Å²) in [5, 5.41) is 6.49. The van der Waals surface area contributed by atoms with Crippen molar-refractivity contribution in [1.82, 2.24) is 5.32 Å². The van der Waals surface area contributed by atoms with Crippen LogP contribution in [-0.4, -0.2) is 25.0 Å². The van der Waals surface area contributed by atoms with Gasteiger partial charge in [0.15, 0.2) is 0 Å². The van der Waals surface area contributed by atoms with Gasteiger partial charge in [0, 0.05) is 38.0 Å². The molecule has 5 heteroatoms. The number of nitrogens with one attached hydrogen (secondary N) is 2. The average Bonchev–Trinajstić information content (AvgIpc) is 3.27. The minimum atomic E-state index is -0.306. The van der Waals surface area contributed by atoms with Gasteiger partial charge in [0.1, 0.15) is 5.75 Å². The summed E-state index contributed by atoms with van der Waals surface area (Å²) in [6, 6.07) is 5.72. The Balaban J connectivity index is 1.37. The van der Waals surface area contributed by atoms with Crippen LogP contribution in [0.25, 0.3) is 0 Å². The van der Waals surface area contributed by atoms with E-state index in [-0.39, 0.29) is 11.9 Å². The maximum absolute atomic E-state index is 12.2. The standard InChI is InChI=1S/C32H54N2O3/c1-3-4-5-6-7-8-9-10-11-12-13-14-15-16-17-18-19-20-32(36)33-24-23-28-26-34-31-22-21-29(25-30(28)31)37-27(2)35/h21-22,25,28,34H,3-20,23-24,26H2,1-2H3,(H,33,36). The maximum Gasteiger partial charge on any atom is 0.308 e. The number of unbranched alkanes of at least 4 members (excludes halogenated alkanes) is 16. The van der Waals surface area contributed by atoms with Crippen molar-refractivity contribution in [3.8, 4) is 5.75 Å². The molecular formula is C32H54N2O3. The molecule has 1 aromatic rings. The van der Waals surface area contributed by atoms with Crippen LogP contribution in [-0.2, 0) is 9.59 Å². The van der Waals surface area contributed by atoms with Crippen LogP contribution in [0.4, 0.5) is 5.69 Å². The molecule has 2 rings (SSSR count). The highest BCUT2D eigenvalue weighted by atomic mass is 16.5. The number of amides is 1. The number of anilines is 1. The number of rotatable bonds is 22. The molecule has 1 aromatic carbocycles. The van der Waals surface area contributed by atoms with E-state index < -0.39 is 0 Å². The molecule has 2 N–H and O–H groups in total. The molecule has 0 spiro atoms. The first-order chi connectivity index (χ1) is 18.1. The number of hydrogen-bond donors (Lipinski definition) is 2. The summed E-state index contributed by atoms with van der Waals surface area (Å²) in [7, 11) is 0. The van der Waals surface area contributed by atoms with Crippen LogP contribution in [0.15, 0.2) is 18.2 Å². The summed E-state index contributed by atoms with van der Waals surface area (Å²) in [6.45, 7) is 5.23. The van der Waals surface area contributed by atoms with Gasteiger partial charge < -0.3 is 15.4 Å². The first kappa shape index (κ1) is 31.2. The molecule has 210 valence electrons. The van der Waals surface area contributed by atoms with Gasteiger partial charge in [-0.1, -0.05) is 110 Å². The van der Waals surface area contributed by atoms with Gasteiger partial charge in [-0.15, -0.1) is 0 Å². The highest BCUT2D eigenvalue weighted by Gasteiger charge is 2.22. The number of carbonyl (C=O) groups excluding carboxylic acids is 2. The Labute approximate surface area is 226 Å². The molecule has 1 unspecified atom stereocenters. The van der Waals surface area contributed by atoms with Crippen molar-refractivity contribution in [3.05, 3.63) is 23.8 Å². The lowest BCUT2D eigenvalue weighted by molar-refractivity contribution is -0.131. The first-order valence-electron chi connectivity index (χ1n) is 15.4. The van der Waals surface area contributed by atoms with Gasteiger partial charge in [-0.05, 0) is 36.6 Å². The zero-order valence-corrected chi connectivity index (χ0v) is 23.9. The number of carbonyl (C=O) groups is 2. The maximum atomic E-state index is 12.2. The Bertz CT molecular complexity index is 764. The predicted molar refractivity (Wildman–Crippen MR) is 155 cm³/mol. The van der Waals surface area contributed by atoms with Gasteiger partial charge in [0.2, 0.25) is 5.91 Å². The highest BCUT2D eigenvalue weighted by molar-refractivity contribution is 5.75. The van der Waals surface area contributed by atoms with Crippen molar-refractivity contribution in [2.45, 2.75) is 142 Å². The SMILES string of the molecule is CCCCCCCCCCCCCCCCCCCC(=O)NCCC1CNc2ccc(OC(C)=O)cc21. The van der Waals surface area contributed by atoms with Gasteiger partial charge in [-0.3, -0.25) is 9.59 Å². The van der Waals surface area contributed by atoms with E-state index in [2.05, 4.69) is 17.6 Å². The second kappa shape index (κ2) is 20.0. The smallest absolute Gasteiger partial charge is 0.308 e. The first-order valence-corrected chi connectivity index (χ1v) is 15.4. The molecular weight excluding hydrogens is 460 g/mol. The van der Waals surface area contributed by atoms with Gasteiger partial charge in [0.25, 0.3) is 0 Å². The number of fused-ring (bicyclic) bond motifs is 1. The lowest BCUT2D eigenvalue weighted by Gasteiger charge is -2.12. The van der Waals surface area contributed by atoms with Crippen LogP contribution in [0.2, 0.25) is 0 Å². The monoisotopic (exact) mass is 514 g/mol. The Hall–Kier alpha value is -2.04. The van der Waals surface area contributed by atoms with E-state index >= 15 is 0 Å². The van der Waals surface area contributed by atoms with E-state index in [4.69, 9.17) is 4.74 Å². The van der Waals surface area contributed by atoms with E-state index in [0.717, 1.165) is 31.5 Å². The molecule has 0 saturated carbocycles. The van der Waals surface area contributed by atoms with E-state index in [9.17, 15) is 9.59 Å². The van der Waals surface area contributed by atoms with Crippen LogP contribution in [0.5, 0.6) is 5.75 Å². The third-order valence-corrected chi connectivity index (χ3v) is 7.59. The van der Waals surface area contributed by atoms with Crippen LogP contribution >= 0.6 is 0 Å². The minimum Gasteiger partial charge on any atom is -0.427 e. The molecule has 0 aromatic heterocycles. The minimum absolute atomic E-state index is 0.167. The van der Waals surface area contributed by atoms with Crippen LogP contribution in [0.1, 0.15) is 147 Å². The van der Waals surface area contributed by atoms with E-state index in [0.29, 0.717) is 24.6 Å². The Kier molecular flexibility index (Phi) is 16.8. The Morgan fingerprint density at radius 3 is 1.92 bits per heavy atom. The van der Waals surface area contributed by atoms with E-state index in [1.165, 1.54) is 109 Å². The zero-order chi connectivity index (χ0) is 26.6. The molecule has 1 aliphatic heterocycles. The van der Waals surface area contributed by atoms with Crippen LogP contribution in [0, 0.1) is 0 Å². The lowest BCUT2D eigenvalue weighted by atomic mass is 9.97. The van der Waals surface area contributed by atoms with E-state index in [1.54, 1.807) is 0 Å². The molecule has 1 aliphatic rings. The van der Waals surface area contributed by atoms with Crippen molar-refractivity contribution < 1.29 is 14.3 Å². The topological polar surface area (TPSA) is 67.4 Å². The molecule has 0 fully saturated rings. The number of hydrogen-bond acceptors (Lipinski definition) is 4. The molecule has 0 radical (unpaired) electrons. The predicted octanol–water partition coefficient (Wildman–Crippen LogP) is 8.67. The third kappa shape index (κ3) is 14.5. The molecule has 1 atom stereocenters. The van der Waals surface area contributed by atoms with E-state index in [1.807, 2.05) is 18.2 Å². The van der Waals surface area contributed by atoms with Gasteiger partial charge in [-0.25, -0.2) is 0 Å². The van der Waals surface area contributed by atoms with Crippen LogP contribution in [0.3, 0.4) is 0 Å².